The normalized spacial score (nSPS) is 14.9. The van der Waals surface area contributed by atoms with Gasteiger partial charge in [0.25, 0.3) is 0 Å². The Labute approximate surface area is 171 Å². The lowest BCUT2D eigenvalue weighted by Crippen LogP contribution is -2.37. The first-order chi connectivity index (χ1) is 14.2. The highest BCUT2D eigenvalue weighted by atomic mass is 16.5. The molecule has 9 heteroatoms. The van der Waals surface area contributed by atoms with Crippen LogP contribution in [0.25, 0.3) is 11.4 Å². The third kappa shape index (κ3) is 5.37. The molecule has 0 saturated carbocycles. The summed E-state index contributed by atoms with van der Waals surface area (Å²) in [5.41, 5.74) is 0.690. The minimum absolute atomic E-state index is 0.458. The molecule has 1 aliphatic heterocycles. The maximum absolute atomic E-state index is 5.51. The van der Waals surface area contributed by atoms with Gasteiger partial charge in [0.15, 0.2) is 11.5 Å². The molecule has 2 heterocycles. The summed E-state index contributed by atoms with van der Waals surface area (Å²) in [7, 11) is 6.78. The van der Waals surface area contributed by atoms with Crippen molar-refractivity contribution in [2.24, 2.45) is 0 Å². The van der Waals surface area contributed by atoms with Gasteiger partial charge < -0.3 is 23.5 Å². The average Bonchev–Trinajstić information content (AvgIpc) is 3.21. The molecular formula is C20H30N4O5. The zero-order chi connectivity index (χ0) is 20.6. The van der Waals surface area contributed by atoms with E-state index in [2.05, 4.69) is 27.0 Å². The van der Waals surface area contributed by atoms with Gasteiger partial charge in [0, 0.05) is 13.1 Å². The van der Waals surface area contributed by atoms with E-state index in [-0.39, 0.29) is 0 Å². The lowest BCUT2D eigenvalue weighted by molar-refractivity contribution is 0.0362. The fraction of sp³-hybridized carbons (Fsp3) is 0.600. The quantitative estimate of drug-likeness (QED) is 0.588. The SMILES string of the molecule is COc1ccc(-c2noc(CN(C)CCCN3CCOCC3)n2)c(OC)c1OC. The molecule has 1 aromatic carbocycles. The van der Waals surface area contributed by atoms with Crippen LogP contribution < -0.4 is 14.2 Å². The van der Waals surface area contributed by atoms with E-state index in [0.717, 1.165) is 45.8 Å². The highest BCUT2D eigenvalue weighted by molar-refractivity contribution is 5.71. The van der Waals surface area contributed by atoms with Crippen molar-refractivity contribution in [1.29, 1.82) is 0 Å². The molecule has 0 radical (unpaired) electrons. The number of morpholine rings is 1. The van der Waals surface area contributed by atoms with Crippen molar-refractivity contribution in [2.75, 3.05) is 67.8 Å². The molecule has 1 fully saturated rings. The Hall–Kier alpha value is -2.36. The number of hydrogen-bond acceptors (Lipinski definition) is 9. The molecular weight excluding hydrogens is 376 g/mol. The van der Waals surface area contributed by atoms with Crippen molar-refractivity contribution in [1.82, 2.24) is 19.9 Å². The number of ether oxygens (including phenoxy) is 4. The predicted octanol–water partition coefficient (Wildman–Crippen LogP) is 1.92. The van der Waals surface area contributed by atoms with E-state index in [9.17, 15) is 0 Å². The molecule has 0 amide bonds. The van der Waals surface area contributed by atoms with Gasteiger partial charge in [0.05, 0.1) is 46.7 Å². The molecule has 2 aromatic rings. The standard InChI is InChI=1S/C20H30N4O5/c1-23(8-5-9-24-10-12-28-13-11-24)14-17-21-20(22-29-17)15-6-7-16(25-2)19(27-4)18(15)26-3/h6-7H,5,8-14H2,1-4H3. The molecule has 1 saturated heterocycles. The van der Waals surface area contributed by atoms with E-state index in [1.165, 1.54) is 0 Å². The molecule has 0 spiro atoms. The van der Waals surface area contributed by atoms with E-state index in [1.54, 1.807) is 27.4 Å². The van der Waals surface area contributed by atoms with Gasteiger partial charge in [-0.3, -0.25) is 9.80 Å². The molecule has 0 unspecified atom stereocenters. The summed E-state index contributed by atoms with van der Waals surface area (Å²) < 4.78 is 27.1. The lowest BCUT2D eigenvalue weighted by atomic mass is 10.1. The van der Waals surface area contributed by atoms with Crippen LogP contribution in [0.15, 0.2) is 16.7 Å². The molecule has 1 aliphatic rings. The summed E-state index contributed by atoms with van der Waals surface area (Å²) in [5.74, 6) is 2.61. The van der Waals surface area contributed by atoms with Crippen molar-refractivity contribution in [3.8, 4) is 28.6 Å². The summed E-state index contributed by atoms with van der Waals surface area (Å²) in [6.07, 6.45) is 1.08. The molecule has 0 atom stereocenters. The lowest BCUT2D eigenvalue weighted by Gasteiger charge is -2.27. The third-order valence-corrected chi connectivity index (χ3v) is 4.94. The highest BCUT2D eigenvalue weighted by Crippen LogP contribution is 2.43. The van der Waals surface area contributed by atoms with Crippen LogP contribution in [0.4, 0.5) is 0 Å². The third-order valence-electron chi connectivity index (χ3n) is 4.94. The van der Waals surface area contributed by atoms with Crippen LogP contribution in [0.1, 0.15) is 12.3 Å². The van der Waals surface area contributed by atoms with Gasteiger partial charge >= 0.3 is 0 Å². The molecule has 29 heavy (non-hydrogen) atoms. The first-order valence-corrected chi connectivity index (χ1v) is 9.76. The van der Waals surface area contributed by atoms with Crippen LogP contribution in [-0.4, -0.2) is 87.7 Å². The van der Waals surface area contributed by atoms with Gasteiger partial charge in [-0.05, 0) is 38.7 Å². The molecule has 0 aliphatic carbocycles. The number of aromatic nitrogens is 2. The van der Waals surface area contributed by atoms with Crippen LogP contribution in [0, 0.1) is 0 Å². The Balaban J connectivity index is 1.60. The molecule has 9 nitrogen and oxygen atoms in total. The van der Waals surface area contributed by atoms with Crippen LogP contribution in [0.5, 0.6) is 17.2 Å². The molecule has 0 bridgehead atoms. The van der Waals surface area contributed by atoms with Gasteiger partial charge in [0.2, 0.25) is 17.5 Å². The molecule has 3 rings (SSSR count). The second kappa shape index (κ2) is 10.4. The maximum atomic E-state index is 5.51. The Bertz CT molecular complexity index is 776. The Morgan fingerprint density at radius 2 is 1.83 bits per heavy atom. The fourth-order valence-electron chi connectivity index (χ4n) is 3.40. The van der Waals surface area contributed by atoms with Gasteiger partial charge in [-0.15, -0.1) is 0 Å². The van der Waals surface area contributed by atoms with E-state index >= 15 is 0 Å². The topological polar surface area (TPSA) is 82.3 Å². The van der Waals surface area contributed by atoms with Crippen LogP contribution >= 0.6 is 0 Å². The Morgan fingerprint density at radius 3 is 2.52 bits per heavy atom. The van der Waals surface area contributed by atoms with Crippen molar-refractivity contribution in [3.63, 3.8) is 0 Å². The van der Waals surface area contributed by atoms with Crippen molar-refractivity contribution in [3.05, 3.63) is 18.0 Å². The summed E-state index contributed by atoms with van der Waals surface area (Å²) in [6, 6.07) is 3.63. The number of rotatable bonds is 10. The zero-order valence-corrected chi connectivity index (χ0v) is 17.6. The fourth-order valence-corrected chi connectivity index (χ4v) is 3.40. The maximum Gasteiger partial charge on any atom is 0.241 e. The van der Waals surface area contributed by atoms with E-state index in [1.807, 2.05) is 6.07 Å². The minimum atomic E-state index is 0.458. The van der Waals surface area contributed by atoms with E-state index in [0.29, 0.717) is 41.1 Å². The van der Waals surface area contributed by atoms with E-state index in [4.69, 9.17) is 23.5 Å². The van der Waals surface area contributed by atoms with Gasteiger partial charge in [-0.1, -0.05) is 5.16 Å². The van der Waals surface area contributed by atoms with Crippen molar-refractivity contribution >= 4 is 0 Å². The second-order valence-corrected chi connectivity index (χ2v) is 6.94. The predicted molar refractivity (Wildman–Crippen MR) is 108 cm³/mol. The average molecular weight is 406 g/mol. The Morgan fingerprint density at radius 1 is 1.07 bits per heavy atom. The van der Waals surface area contributed by atoms with Gasteiger partial charge in [-0.2, -0.15) is 4.98 Å². The van der Waals surface area contributed by atoms with E-state index < -0.39 is 0 Å². The number of methoxy groups -OCH3 is 3. The summed E-state index contributed by atoms with van der Waals surface area (Å²) in [6.45, 7) is 6.32. The first-order valence-electron chi connectivity index (χ1n) is 9.76. The summed E-state index contributed by atoms with van der Waals surface area (Å²) in [4.78, 5) is 9.16. The van der Waals surface area contributed by atoms with Crippen LogP contribution in [-0.2, 0) is 11.3 Å². The Kier molecular flexibility index (Phi) is 7.68. The largest absolute Gasteiger partial charge is 0.493 e. The highest BCUT2D eigenvalue weighted by Gasteiger charge is 2.21. The molecule has 1 aromatic heterocycles. The number of nitrogens with zero attached hydrogens (tertiary/aromatic N) is 4. The number of benzene rings is 1. The number of hydrogen-bond donors (Lipinski definition) is 0. The van der Waals surface area contributed by atoms with Crippen molar-refractivity contribution in [2.45, 2.75) is 13.0 Å². The monoisotopic (exact) mass is 406 g/mol. The van der Waals surface area contributed by atoms with Crippen LogP contribution in [0.2, 0.25) is 0 Å². The van der Waals surface area contributed by atoms with Gasteiger partial charge in [-0.25, -0.2) is 0 Å². The summed E-state index contributed by atoms with van der Waals surface area (Å²) in [5, 5.41) is 4.12. The molecule has 0 N–H and O–H groups in total. The summed E-state index contributed by atoms with van der Waals surface area (Å²) >= 11 is 0. The minimum Gasteiger partial charge on any atom is -0.493 e. The first kappa shape index (κ1) is 21.4. The zero-order valence-electron chi connectivity index (χ0n) is 17.6. The molecule has 160 valence electrons. The smallest absolute Gasteiger partial charge is 0.241 e. The second-order valence-electron chi connectivity index (χ2n) is 6.94. The van der Waals surface area contributed by atoms with Crippen LogP contribution in [0.3, 0.4) is 0 Å². The van der Waals surface area contributed by atoms with Gasteiger partial charge in [0.1, 0.15) is 0 Å². The van der Waals surface area contributed by atoms with Crippen molar-refractivity contribution < 1.29 is 23.5 Å².